The number of imidazole rings is 1. The van der Waals surface area contributed by atoms with E-state index < -0.39 is 5.91 Å². The molecule has 65 valence electrons. The second-order valence-electron chi connectivity index (χ2n) is 2.80. The lowest BCUT2D eigenvalue weighted by Gasteiger charge is -1.86. The minimum Gasteiger partial charge on any atom is -0.342 e. The number of benzene rings is 1. The van der Waals surface area contributed by atoms with Crippen LogP contribution in [-0.2, 0) is 11.2 Å². The lowest BCUT2D eigenvalue weighted by atomic mass is 10.3. The summed E-state index contributed by atoms with van der Waals surface area (Å²) in [4.78, 5) is 17.6. The van der Waals surface area contributed by atoms with Crippen molar-refractivity contribution in [1.29, 1.82) is 0 Å². The molecule has 0 saturated heterocycles. The molecule has 0 bridgehead atoms. The highest BCUT2D eigenvalue weighted by molar-refractivity contribution is 5.78. The molecule has 0 aliphatic carbocycles. The molecule has 1 radical (unpaired) electrons. The Balaban J connectivity index is 2.44. The monoisotopic (exact) mass is 174 g/mol. The normalized spacial score (nSPS) is 10.5. The van der Waals surface area contributed by atoms with Gasteiger partial charge >= 0.3 is 0 Å². The minimum absolute atomic E-state index is 0.0503. The summed E-state index contributed by atoms with van der Waals surface area (Å²) in [5.41, 5.74) is 8.52. The van der Waals surface area contributed by atoms with E-state index in [9.17, 15) is 4.79 Å². The molecule has 0 aliphatic heterocycles. The van der Waals surface area contributed by atoms with E-state index in [1.165, 1.54) is 0 Å². The van der Waals surface area contributed by atoms with Gasteiger partial charge in [-0.25, -0.2) is 4.98 Å². The van der Waals surface area contributed by atoms with Crippen LogP contribution < -0.4 is 5.73 Å². The van der Waals surface area contributed by atoms with Gasteiger partial charge in [0.05, 0.1) is 17.5 Å². The largest absolute Gasteiger partial charge is 0.342 e. The van der Waals surface area contributed by atoms with Crippen molar-refractivity contribution in [2.75, 3.05) is 0 Å². The second-order valence-corrected chi connectivity index (χ2v) is 2.80. The highest BCUT2D eigenvalue weighted by Gasteiger charge is 2.04. The minimum atomic E-state index is -0.626. The number of fused-ring (bicyclic) bond motifs is 1. The number of carbonyl (C=O) groups excluding carboxylic acids is 1. The average Bonchev–Trinajstić information content (AvgIpc) is 2.44. The summed E-state index contributed by atoms with van der Waals surface area (Å²) in [6.45, 7) is 0. The van der Waals surface area contributed by atoms with Crippen LogP contribution in [0.15, 0.2) is 24.3 Å². The van der Waals surface area contributed by atoms with Crippen LogP contribution in [0, 0.1) is 0 Å². The molecular weight excluding hydrogens is 166 g/mol. The van der Waals surface area contributed by atoms with Crippen LogP contribution in [0.1, 0.15) is 5.82 Å². The number of nitrogens with one attached hydrogen (secondary N) is 2. The molecule has 13 heavy (non-hydrogen) atoms. The second kappa shape index (κ2) is 2.90. The predicted molar refractivity (Wildman–Crippen MR) is 47.9 cm³/mol. The summed E-state index contributed by atoms with van der Waals surface area (Å²) in [5, 5.41) is 0. The number of aromatic nitrogens is 2. The van der Waals surface area contributed by atoms with Gasteiger partial charge in [-0.3, -0.25) is 10.5 Å². The van der Waals surface area contributed by atoms with E-state index >= 15 is 0 Å². The van der Waals surface area contributed by atoms with Crippen LogP contribution in [0.4, 0.5) is 0 Å². The number of nitrogens with zero attached hydrogens (tertiary/aromatic N) is 1. The number of aromatic amines is 1. The van der Waals surface area contributed by atoms with Crippen LogP contribution in [0.2, 0.25) is 0 Å². The maximum Gasteiger partial charge on any atom is 0.245 e. The molecule has 0 fully saturated rings. The molecule has 4 heteroatoms. The Morgan fingerprint density at radius 3 is 2.92 bits per heavy atom. The molecule has 1 heterocycles. The Labute approximate surface area is 74.8 Å². The van der Waals surface area contributed by atoms with Crippen molar-refractivity contribution in [2.24, 2.45) is 0 Å². The molecule has 2 aromatic rings. The third-order valence-corrected chi connectivity index (χ3v) is 1.77. The van der Waals surface area contributed by atoms with E-state index in [4.69, 9.17) is 5.73 Å². The quantitative estimate of drug-likeness (QED) is 0.735. The number of para-hydroxylation sites is 2. The first-order valence-corrected chi connectivity index (χ1v) is 3.94. The Morgan fingerprint density at radius 2 is 2.23 bits per heavy atom. The van der Waals surface area contributed by atoms with E-state index in [2.05, 4.69) is 9.97 Å². The van der Waals surface area contributed by atoms with Crippen molar-refractivity contribution in [3.8, 4) is 0 Å². The van der Waals surface area contributed by atoms with Gasteiger partial charge in [-0.2, -0.15) is 0 Å². The number of rotatable bonds is 2. The molecule has 4 nitrogen and oxygen atoms in total. The fourth-order valence-corrected chi connectivity index (χ4v) is 1.24. The van der Waals surface area contributed by atoms with Gasteiger partial charge in [0.15, 0.2) is 0 Å². The van der Waals surface area contributed by atoms with E-state index in [1.807, 2.05) is 24.3 Å². The van der Waals surface area contributed by atoms with Crippen LogP contribution in [0.3, 0.4) is 0 Å². The van der Waals surface area contributed by atoms with Crippen molar-refractivity contribution in [1.82, 2.24) is 15.7 Å². The standard InChI is InChI=1S/C9H8N3O/c10-8(13)5-9-11-6-3-1-2-4-7(6)12-9/h1-4,10H,5H2,(H,11,12). The number of carbonyl (C=O) groups is 1. The molecule has 0 saturated carbocycles. The third-order valence-electron chi connectivity index (χ3n) is 1.77. The molecule has 0 spiro atoms. The van der Waals surface area contributed by atoms with Crippen molar-refractivity contribution in [3.05, 3.63) is 30.1 Å². The zero-order valence-corrected chi connectivity index (χ0v) is 6.87. The topological polar surface area (TPSA) is 69.6 Å². The molecule has 1 aromatic heterocycles. The summed E-state index contributed by atoms with van der Waals surface area (Å²) in [7, 11) is 0. The Morgan fingerprint density at radius 1 is 1.46 bits per heavy atom. The molecule has 0 aliphatic rings. The highest BCUT2D eigenvalue weighted by Crippen LogP contribution is 2.10. The van der Waals surface area contributed by atoms with Gasteiger partial charge in [0.1, 0.15) is 5.82 Å². The number of amides is 1. The van der Waals surface area contributed by atoms with Crippen LogP contribution >= 0.6 is 0 Å². The lowest BCUT2D eigenvalue weighted by Crippen LogP contribution is -2.03. The van der Waals surface area contributed by atoms with Crippen molar-refractivity contribution in [2.45, 2.75) is 6.42 Å². The summed E-state index contributed by atoms with van der Waals surface area (Å²) in [6.07, 6.45) is 0.0503. The van der Waals surface area contributed by atoms with Crippen molar-refractivity contribution >= 4 is 16.9 Å². The smallest absolute Gasteiger partial charge is 0.245 e. The molecule has 2 N–H and O–H groups in total. The van der Waals surface area contributed by atoms with E-state index in [0.717, 1.165) is 11.0 Å². The first-order valence-electron chi connectivity index (χ1n) is 3.94. The number of hydrogen-bond acceptors (Lipinski definition) is 2. The zero-order valence-electron chi connectivity index (χ0n) is 6.87. The zero-order chi connectivity index (χ0) is 9.26. The summed E-state index contributed by atoms with van der Waals surface area (Å²) in [6, 6.07) is 7.53. The van der Waals surface area contributed by atoms with Crippen LogP contribution in [0.25, 0.3) is 11.0 Å². The fraction of sp³-hybridized carbons (Fsp3) is 0.111. The first kappa shape index (κ1) is 7.79. The molecule has 1 amide bonds. The van der Waals surface area contributed by atoms with Gasteiger partial charge in [0, 0.05) is 0 Å². The average molecular weight is 174 g/mol. The maximum atomic E-state index is 10.5. The predicted octanol–water partition coefficient (Wildman–Crippen LogP) is 0.915. The van der Waals surface area contributed by atoms with Gasteiger partial charge in [0.2, 0.25) is 5.91 Å². The van der Waals surface area contributed by atoms with Crippen LogP contribution in [0.5, 0.6) is 0 Å². The number of hydrogen-bond donors (Lipinski definition) is 1. The maximum absolute atomic E-state index is 10.5. The summed E-state index contributed by atoms with van der Waals surface area (Å²) in [5.74, 6) is -0.0692. The molecular formula is C9H8N3O. The first-order chi connectivity index (χ1) is 6.25. The van der Waals surface area contributed by atoms with Crippen molar-refractivity contribution in [3.63, 3.8) is 0 Å². The van der Waals surface area contributed by atoms with Gasteiger partial charge in [0.25, 0.3) is 0 Å². The SMILES string of the molecule is [NH]C(=O)Cc1nc2ccccc2[nH]1. The van der Waals surface area contributed by atoms with Crippen molar-refractivity contribution < 1.29 is 4.79 Å². The number of H-pyrrole nitrogens is 1. The summed E-state index contributed by atoms with van der Waals surface area (Å²) >= 11 is 0. The Hall–Kier alpha value is -1.84. The van der Waals surface area contributed by atoms with Crippen LogP contribution in [-0.4, -0.2) is 15.9 Å². The Bertz CT molecular complexity index is 414. The fourth-order valence-electron chi connectivity index (χ4n) is 1.24. The molecule has 2 rings (SSSR count). The molecule has 0 unspecified atom stereocenters. The Kier molecular flexibility index (Phi) is 1.73. The lowest BCUT2D eigenvalue weighted by molar-refractivity contribution is -0.118. The molecule has 0 atom stereocenters. The molecule has 1 aromatic carbocycles. The van der Waals surface area contributed by atoms with Gasteiger partial charge < -0.3 is 4.98 Å². The van der Waals surface area contributed by atoms with E-state index in [1.54, 1.807) is 0 Å². The highest BCUT2D eigenvalue weighted by atomic mass is 16.1. The summed E-state index contributed by atoms with van der Waals surface area (Å²) < 4.78 is 0. The van der Waals surface area contributed by atoms with Gasteiger partial charge in [-0.1, -0.05) is 12.1 Å². The third kappa shape index (κ3) is 1.51. The van der Waals surface area contributed by atoms with Gasteiger partial charge in [-0.05, 0) is 12.1 Å². The van der Waals surface area contributed by atoms with E-state index in [-0.39, 0.29) is 6.42 Å². The van der Waals surface area contributed by atoms with Gasteiger partial charge in [-0.15, -0.1) is 0 Å². The van der Waals surface area contributed by atoms with E-state index in [0.29, 0.717) is 5.82 Å².